The van der Waals surface area contributed by atoms with Crippen molar-refractivity contribution in [2.75, 3.05) is 0 Å². The minimum atomic E-state index is -1.46. The lowest BCUT2D eigenvalue weighted by atomic mass is 10.0. The minimum absolute atomic E-state index is 0.123. The first kappa shape index (κ1) is 11.5. The summed E-state index contributed by atoms with van der Waals surface area (Å²) in [6.45, 7) is 0. The molecule has 1 atom stereocenters. The van der Waals surface area contributed by atoms with Gasteiger partial charge in [-0.1, -0.05) is 23.2 Å². The highest BCUT2D eigenvalue weighted by molar-refractivity contribution is 6.42. The number of pyridine rings is 1. The van der Waals surface area contributed by atoms with Crippen molar-refractivity contribution in [2.24, 2.45) is 0 Å². The van der Waals surface area contributed by atoms with E-state index in [0.29, 0.717) is 10.9 Å². The number of aliphatic hydroxyl groups is 1. The molecule has 2 N–H and O–H groups in total. The third kappa shape index (κ3) is 1.45. The molecule has 1 aromatic heterocycles. The number of halogens is 2. The second-order valence-corrected chi connectivity index (χ2v) is 4.63. The van der Waals surface area contributed by atoms with Crippen molar-refractivity contribution in [2.45, 2.75) is 6.29 Å². The minimum Gasteiger partial charge on any atom is -0.428 e. The van der Waals surface area contributed by atoms with Crippen LogP contribution in [0.15, 0.2) is 16.9 Å². The number of aromatic amines is 1. The van der Waals surface area contributed by atoms with Crippen LogP contribution in [0.5, 0.6) is 0 Å². The summed E-state index contributed by atoms with van der Waals surface area (Å²) in [7, 11) is 0. The Bertz CT molecular complexity index is 753. The Morgan fingerprint density at radius 2 is 1.89 bits per heavy atom. The molecule has 0 unspecified atom stereocenters. The number of hydrogen-bond acceptors (Lipinski definition) is 4. The molecule has 2 heterocycles. The number of cyclic esters (lactones) is 1. The SMILES string of the molecule is O=C1O[C@H](O)c2c1c(=O)[nH]c1cc(Cl)c(Cl)cc21. The highest BCUT2D eigenvalue weighted by Gasteiger charge is 2.34. The number of H-pyrrole nitrogens is 1. The molecule has 1 aromatic carbocycles. The lowest BCUT2D eigenvalue weighted by molar-refractivity contribution is -0.0540. The van der Waals surface area contributed by atoms with Gasteiger partial charge in [-0.15, -0.1) is 0 Å². The van der Waals surface area contributed by atoms with E-state index < -0.39 is 17.8 Å². The number of ether oxygens (including phenoxy) is 1. The van der Waals surface area contributed by atoms with E-state index >= 15 is 0 Å². The van der Waals surface area contributed by atoms with Crippen molar-refractivity contribution in [3.8, 4) is 0 Å². The Morgan fingerprint density at radius 3 is 2.61 bits per heavy atom. The molecule has 0 saturated heterocycles. The first-order chi connectivity index (χ1) is 8.49. The zero-order valence-corrected chi connectivity index (χ0v) is 10.2. The second kappa shape index (κ2) is 3.71. The van der Waals surface area contributed by atoms with Gasteiger partial charge in [0.2, 0.25) is 6.29 Å². The quantitative estimate of drug-likeness (QED) is 0.726. The molecule has 0 spiro atoms. The number of fused-ring (bicyclic) bond motifs is 3. The molecule has 1 aliphatic rings. The molecule has 0 saturated carbocycles. The van der Waals surface area contributed by atoms with Gasteiger partial charge in [0.1, 0.15) is 5.56 Å². The maximum atomic E-state index is 11.7. The number of rotatable bonds is 0. The average Bonchev–Trinajstić information content (AvgIpc) is 2.58. The van der Waals surface area contributed by atoms with E-state index in [0.717, 1.165) is 0 Å². The number of aromatic nitrogens is 1. The summed E-state index contributed by atoms with van der Waals surface area (Å²) in [5, 5.41) is 10.6. The molecule has 92 valence electrons. The molecule has 0 radical (unpaired) electrons. The van der Waals surface area contributed by atoms with Gasteiger partial charge in [-0.25, -0.2) is 4.79 Å². The van der Waals surface area contributed by atoms with Crippen LogP contribution in [0.3, 0.4) is 0 Å². The van der Waals surface area contributed by atoms with E-state index in [1.807, 2.05) is 0 Å². The first-order valence-corrected chi connectivity index (χ1v) is 5.68. The Balaban J connectivity index is 2.52. The van der Waals surface area contributed by atoms with Crippen LogP contribution >= 0.6 is 23.2 Å². The van der Waals surface area contributed by atoms with Crippen LogP contribution in [0.25, 0.3) is 10.9 Å². The molecule has 7 heteroatoms. The summed E-state index contributed by atoms with van der Waals surface area (Å²) in [6.07, 6.45) is -1.46. The predicted molar refractivity (Wildman–Crippen MR) is 65.0 cm³/mol. The Morgan fingerprint density at radius 1 is 1.22 bits per heavy atom. The fraction of sp³-hybridized carbons (Fsp3) is 0.0909. The maximum absolute atomic E-state index is 11.7. The molecule has 0 amide bonds. The van der Waals surface area contributed by atoms with Crippen LogP contribution in [0.1, 0.15) is 22.2 Å². The second-order valence-electron chi connectivity index (χ2n) is 3.81. The third-order valence-corrected chi connectivity index (χ3v) is 3.49. The number of hydrogen-bond donors (Lipinski definition) is 2. The molecule has 18 heavy (non-hydrogen) atoms. The average molecular weight is 286 g/mol. The lowest BCUT2D eigenvalue weighted by Crippen LogP contribution is -2.16. The predicted octanol–water partition coefficient (Wildman–Crippen LogP) is 2.00. The molecule has 1 aliphatic heterocycles. The Hall–Kier alpha value is -1.56. The van der Waals surface area contributed by atoms with Crippen molar-refractivity contribution in [1.82, 2.24) is 4.98 Å². The van der Waals surface area contributed by atoms with E-state index in [1.54, 1.807) is 0 Å². The number of carbonyl (C=O) groups is 1. The van der Waals surface area contributed by atoms with Gasteiger partial charge in [0, 0.05) is 10.9 Å². The Labute approximate surface area is 110 Å². The molecule has 2 aromatic rings. The van der Waals surface area contributed by atoms with Crippen molar-refractivity contribution in [3.05, 3.63) is 43.7 Å². The zero-order chi connectivity index (χ0) is 13.0. The summed E-state index contributed by atoms with van der Waals surface area (Å²) in [5.74, 6) is -0.855. The van der Waals surface area contributed by atoms with Crippen molar-refractivity contribution >= 4 is 40.1 Å². The third-order valence-electron chi connectivity index (χ3n) is 2.76. The number of esters is 1. The van der Waals surface area contributed by atoms with Gasteiger partial charge < -0.3 is 14.8 Å². The van der Waals surface area contributed by atoms with Crippen LogP contribution < -0.4 is 5.56 Å². The topological polar surface area (TPSA) is 79.4 Å². The van der Waals surface area contributed by atoms with Gasteiger partial charge >= 0.3 is 5.97 Å². The highest BCUT2D eigenvalue weighted by Crippen LogP contribution is 2.35. The van der Waals surface area contributed by atoms with Crippen LogP contribution in [-0.2, 0) is 4.74 Å². The highest BCUT2D eigenvalue weighted by atomic mass is 35.5. The standard InChI is InChI=1S/C11H5Cl2NO4/c12-4-1-3-6(2-5(4)13)14-9(15)8-7(3)10(16)18-11(8)17/h1-2,10,16H,(H,14,15)/t10-/m0/s1. The van der Waals surface area contributed by atoms with Crippen molar-refractivity contribution in [1.29, 1.82) is 0 Å². The summed E-state index contributed by atoms with van der Waals surface area (Å²) >= 11 is 11.7. The monoisotopic (exact) mass is 285 g/mol. The lowest BCUT2D eigenvalue weighted by Gasteiger charge is -2.07. The van der Waals surface area contributed by atoms with Gasteiger partial charge in [0.25, 0.3) is 5.56 Å². The zero-order valence-electron chi connectivity index (χ0n) is 8.66. The van der Waals surface area contributed by atoms with Gasteiger partial charge in [0.15, 0.2) is 0 Å². The van der Waals surface area contributed by atoms with E-state index in [9.17, 15) is 14.7 Å². The summed E-state index contributed by atoms with van der Waals surface area (Å²) in [4.78, 5) is 25.7. The smallest absolute Gasteiger partial charge is 0.346 e. The molecule has 0 fully saturated rings. The molecular formula is C11H5Cl2NO4. The largest absolute Gasteiger partial charge is 0.428 e. The molecule has 3 rings (SSSR count). The van der Waals surface area contributed by atoms with Gasteiger partial charge in [-0.05, 0) is 12.1 Å². The number of aliphatic hydroxyl groups excluding tert-OH is 1. The first-order valence-electron chi connectivity index (χ1n) is 4.93. The fourth-order valence-corrected chi connectivity index (χ4v) is 2.32. The van der Waals surface area contributed by atoms with Gasteiger partial charge in [0.05, 0.1) is 15.6 Å². The van der Waals surface area contributed by atoms with E-state index in [-0.39, 0.29) is 21.2 Å². The van der Waals surface area contributed by atoms with Crippen LogP contribution in [-0.4, -0.2) is 16.1 Å². The van der Waals surface area contributed by atoms with Crippen LogP contribution in [0.4, 0.5) is 0 Å². The number of nitrogens with one attached hydrogen (secondary N) is 1. The number of benzene rings is 1. The molecular weight excluding hydrogens is 281 g/mol. The fourth-order valence-electron chi connectivity index (χ4n) is 1.99. The molecule has 0 bridgehead atoms. The summed E-state index contributed by atoms with van der Waals surface area (Å²) in [5.41, 5.74) is -0.325. The van der Waals surface area contributed by atoms with Crippen molar-refractivity contribution < 1.29 is 14.6 Å². The molecule has 0 aliphatic carbocycles. The summed E-state index contributed by atoms with van der Waals surface area (Å²) in [6, 6.07) is 2.93. The molecule has 5 nitrogen and oxygen atoms in total. The summed E-state index contributed by atoms with van der Waals surface area (Å²) < 4.78 is 4.61. The maximum Gasteiger partial charge on any atom is 0.346 e. The van der Waals surface area contributed by atoms with E-state index in [1.165, 1.54) is 12.1 Å². The van der Waals surface area contributed by atoms with Crippen LogP contribution in [0.2, 0.25) is 10.0 Å². The van der Waals surface area contributed by atoms with E-state index in [4.69, 9.17) is 23.2 Å². The van der Waals surface area contributed by atoms with Gasteiger partial charge in [-0.3, -0.25) is 4.79 Å². The van der Waals surface area contributed by atoms with Crippen LogP contribution in [0, 0.1) is 0 Å². The Kier molecular flexibility index (Phi) is 2.38. The van der Waals surface area contributed by atoms with E-state index in [2.05, 4.69) is 9.72 Å². The van der Waals surface area contributed by atoms with Crippen molar-refractivity contribution in [3.63, 3.8) is 0 Å². The van der Waals surface area contributed by atoms with Gasteiger partial charge in [-0.2, -0.15) is 0 Å². The normalized spacial score (nSPS) is 17.9. The number of carbonyl (C=O) groups excluding carboxylic acids is 1.